The number of rotatable bonds is 7. The second-order valence-corrected chi connectivity index (χ2v) is 7.16. The Morgan fingerprint density at radius 1 is 1.33 bits per heavy atom. The Bertz CT molecular complexity index is 844. The molecule has 0 atom stereocenters. The van der Waals surface area contributed by atoms with Crippen LogP contribution in [0.2, 0.25) is 0 Å². The van der Waals surface area contributed by atoms with Crippen molar-refractivity contribution in [1.82, 2.24) is 14.9 Å². The van der Waals surface area contributed by atoms with Crippen LogP contribution >= 0.6 is 0 Å². The third-order valence-corrected chi connectivity index (χ3v) is 5.12. The van der Waals surface area contributed by atoms with E-state index in [1.54, 1.807) is 18.3 Å². The van der Waals surface area contributed by atoms with Crippen LogP contribution in [0.3, 0.4) is 0 Å². The van der Waals surface area contributed by atoms with Crippen molar-refractivity contribution in [2.24, 2.45) is 5.92 Å². The third kappa shape index (κ3) is 4.71. The van der Waals surface area contributed by atoms with E-state index < -0.39 is 12.2 Å². The maximum absolute atomic E-state index is 12.9. The van der Waals surface area contributed by atoms with Gasteiger partial charge in [0.25, 0.3) is 11.5 Å². The normalized spacial score (nSPS) is 19.9. The highest BCUT2D eigenvalue weighted by atomic mass is 19.1. The van der Waals surface area contributed by atoms with E-state index in [1.807, 2.05) is 6.07 Å². The van der Waals surface area contributed by atoms with Crippen molar-refractivity contribution in [1.29, 1.82) is 0 Å². The van der Waals surface area contributed by atoms with Gasteiger partial charge in [0.1, 0.15) is 17.9 Å². The van der Waals surface area contributed by atoms with Crippen molar-refractivity contribution in [3.8, 4) is 0 Å². The molecule has 146 valence electrons. The first-order chi connectivity index (χ1) is 13.1. The van der Waals surface area contributed by atoms with Crippen LogP contribution in [0.5, 0.6) is 0 Å². The summed E-state index contributed by atoms with van der Waals surface area (Å²) in [6.07, 6.45) is 5.65. The van der Waals surface area contributed by atoms with Crippen molar-refractivity contribution in [3.63, 3.8) is 0 Å². The number of nitrogens with zero attached hydrogens (tertiary/aromatic N) is 2. The molecule has 0 unspecified atom stereocenters. The first-order valence-corrected chi connectivity index (χ1v) is 9.53. The lowest BCUT2D eigenvalue weighted by Gasteiger charge is -2.26. The van der Waals surface area contributed by atoms with Gasteiger partial charge in [-0.3, -0.25) is 14.2 Å². The largest absolute Gasteiger partial charge is 0.377 e. The molecule has 2 heterocycles. The third-order valence-electron chi connectivity index (χ3n) is 5.12. The van der Waals surface area contributed by atoms with Gasteiger partial charge in [0.15, 0.2) is 0 Å². The Morgan fingerprint density at radius 3 is 2.85 bits per heavy atom. The highest BCUT2D eigenvalue weighted by Gasteiger charge is 2.22. The van der Waals surface area contributed by atoms with Gasteiger partial charge in [0, 0.05) is 17.6 Å². The lowest BCUT2D eigenvalue weighted by atomic mass is 9.87. The predicted molar refractivity (Wildman–Crippen MR) is 102 cm³/mol. The van der Waals surface area contributed by atoms with Gasteiger partial charge in [0.05, 0.1) is 19.8 Å². The highest BCUT2D eigenvalue weighted by Crippen LogP contribution is 2.23. The molecule has 7 heteroatoms. The molecule has 2 aromatic rings. The number of hydrogen-bond donors (Lipinski definition) is 1. The predicted octanol–water partition coefficient (Wildman–Crippen LogP) is 2.69. The Kier molecular flexibility index (Phi) is 6.55. The summed E-state index contributed by atoms with van der Waals surface area (Å²) in [5, 5.41) is 3.72. The second kappa shape index (κ2) is 9.08. The zero-order valence-electron chi connectivity index (χ0n) is 15.6. The number of fused-ring (bicyclic) bond motifs is 1. The van der Waals surface area contributed by atoms with Crippen molar-refractivity contribution >= 4 is 16.9 Å². The summed E-state index contributed by atoms with van der Waals surface area (Å²) < 4.78 is 18.8. The molecular formula is C20H26FN3O3. The van der Waals surface area contributed by atoms with Crippen molar-refractivity contribution in [2.75, 3.05) is 19.9 Å². The van der Waals surface area contributed by atoms with Crippen molar-refractivity contribution in [3.05, 3.63) is 40.3 Å². The lowest BCUT2D eigenvalue weighted by molar-refractivity contribution is 0.0919. The van der Waals surface area contributed by atoms with Crippen LogP contribution in [-0.2, 0) is 11.3 Å². The van der Waals surface area contributed by atoms with E-state index in [0.29, 0.717) is 17.0 Å². The number of hydrogen-bond acceptors (Lipinski definition) is 4. The smallest absolute Gasteiger partial charge is 0.265 e. The maximum Gasteiger partial charge on any atom is 0.265 e. The molecule has 1 fully saturated rings. The Morgan fingerprint density at radius 2 is 2.11 bits per heavy atom. The number of carbonyl (C=O) groups is 1. The summed E-state index contributed by atoms with van der Waals surface area (Å²) in [6.45, 7) is 2.03. The topological polar surface area (TPSA) is 73.2 Å². The molecule has 1 N–H and O–H groups in total. The summed E-state index contributed by atoms with van der Waals surface area (Å²) in [4.78, 5) is 29.9. The van der Waals surface area contributed by atoms with E-state index in [1.165, 1.54) is 4.57 Å². The number of carbonyl (C=O) groups excluding carboxylic acids is 1. The molecular weight excluding hydrogens is 349 g/mol. The van der Waals surface area contributed by atoms with Crippen LogP contribution in [0.4, 0.5) is 4.39 Å². The molecule has 0 saturated heterocycles. The minimum absolute atomic E-state index is 0.0135. The number of halogens is 1. The van der Waals surface area contributed by atoms with Crippen LogP contribution in [-0.4, -0.2) is 41.4 Å². The van der Waals surface area contributed by atoms with Crippen molar-refractivity contribution < 1.29 is 13.9 Å². The second-order valence-electron chi connectivity index (χ2n) is 7.16. The summed E-state index contributed by atoms with van der Waals surface area (Å²) in [7, 11) is 0. The van der Waals surface area contributed by atoms with E-state index in [9.17, 15) is 14.0 Å². The average molecular weight is 375 g/mol. The van der Waals surface area contributed by atoms with Crippen LogP contribution in [0, 0.1) is 5.92 Å². The summed E-state index contributed by atoms with van der Waals surface area (Å²) in [5.41, 5.74) is 0.209. The molecule has 1 aliphatic rings. The quantitative estimate of drug-likeness (QED) is 0.755. The van der Waals surface area contributed by atoms with Crippen LogP contribution < -0.4 is 10.9 Å². The van der Waals surface area contributed by atoms with E-state index in [-0.39, 0.29) is 37.3 Å². The molecule has 1 saturated carbocycles. The minimum Gasteiger partial charge on any atom is -0.377 e. The monoisotopic (exact) mass is 375 g/mol. The fraction of sp³-hybridized carbons (Fsp3) is 0.550. The number of ether oxygens (including phenoxy) is 1. The maximum atomic E-state index is 12.9. The van der Waals surface area contributed by atoms with Gasteiger partial charge in [-0.1, -0.05) is 6.92 Å². The van der Waals surface area contributed by atoms with Gasteiger partial charge >= 0.3 is 0 Å². The molecule has 0 aliphatic heterocycles. The Labute approximate surface area is 157 Å². The van der Waals surface area contributed by atoms with Gasteiger partial charge in [-0.2, -0.15) is 0 Å². The van der Waals surface area contributed by atoms with Gasteiger partial charge in [-0.25, -0.2) is 9.37 Å². The van der Waals surface area contributed by atoms with Gasteiger partial charge in [-0.15, -0.1) is 0 Å². The first-order valence-electron chi connectivity index (χ1n) is 9.53. The van der Waals surface area contributed by atoms with Gasteiger partial charge in [0.2, 0.25) is 0 Å². The molecule has 6 nitrogen and oxygen atoms in total. The summed E-state index contributed by atoms with van der Waals surface area (Å²) >= 11 is 0. The van der Waals surface area contributed by atoms with Crippen LogP contribution in [0.25, 0.3) is 11.0 Å². The number of alkyl halides is 1. The fourth-order valence-corrected chi connectivity index (χ4v) is 3.56. The summed E-state index contributed by atoms with van der Waals surface area (Å²) in [6, 6.07) is 5.30. The van der Waals surface area contributed by atoms with Crippen LogP contribution in [0.15, 0.2) is 29.2 Å². The van der Waals surface area contributed by atoms with Gasteiger partial charge in [-0.05, 0) is 49.8 Å². The molecule has 0 radical (unpaired) electrons. The molecule has 1 amide bonds. The Hall–Kier alpha value is -2.28. The SMILES string of the molecule is CC1CCC(NC(=O)c2cc3cccnc3n(CCOCCF)c2=O)CC1. The summed E-state index contributed by atoms with van der Waals surface area (Å²) in [5.74, 6) is 0.343. The number of aromatic nitrogens is 2. The Balaban J connectivity index is 1.85. The number of amides is 1. The van der Waals surface area contributed by atoms with Crippen molar-refractivity contribution in [2.45, 2.75) is 45.2 Å². The van der Waals surface area contributed by atoms with Gasteiger partial charge < -0.3 is 10.1 Å². The molecule has 0 spiro atoms. The van der Waals surface area contributed by atoms with E-state index in [4.69, 9.17) is 4.74 Å². The number of pyridine rings is 2. The average Bonchev–Trinajstić information content (AvgIpc) is 2.68. The zero-order valence-corrected chi connectivity index (χ0v) is 15.6. The lowest BCUT2D eigenvalue weighted by Crippen LogP contribution is -2.41. The van der Waals surface area contributed by atoms with E-state index >= 15 is 0 Å². The zero-order chi connectivity index (χ0) is 19.2. The molecule has 1 aliphatic carbocycles. The molecule has 27 heavy (non-hydrogen) atoms. The highest BCUT2D eigenvalue weighted by molar-refractivity contribution is 5.97. The molecule has 2 aromatic heterocycles. The minimum atomic E-state index is -0.573. The van der Waals surface area contributed by atoms with E-state index in [2.05, 4.69) is 17.2 Å². The number of nitrogens with one attached hydrogen (secondary N) is 1. The van der Waals surface area contributed by atoms with Crippen LogP contribution in [0.1, 0.15) is 43.0 Å². The molecule has 3 rings (SSSR count). The molecule has 0 aromatic carbocycles. The fourth-order valence-electron chi connectivity index (χ4n) is 3.56. The molecule has 0 bridgehead atoms. The first kappa shape index (κ1) is 19.5. The standard InChI is InChI=1S/C20H26FN3O3/c1-14-4-6-16(7-5-14)23-19(25)17-13-15-3-2-9-22-18(15)24(20(17)26)10-12-27-11-8-21/h2-3,9,13-14,16H,4-8,10-12H2,1H3,(H,23,25). The van der Waals surface area contributed by atoms with E-state index in [0.717, 1.165) is 25.7 Å².